The molecule has 0 bridgehead atoms. The minimum Gasteiger partial charge on any atom is -0.493 e. The third-order valence-electron chi connectivity index (χ3n) is 10.8. The lowest BCUT2D eigenvalue weighted by molar-refractivity contribution is -0.132. The molecule has 2 amide bonds. The third kappa shape index (κ3) is 5.38. The molecule has 3 fully saturated rings. The number of primary amides is 1. The van der Waals surface area contributed by atoms with Crippen LogP contribution in [0, 0.1) is 18.3 Å². The first-order chi connectivity index (χ1) is 20.0. The van der Waals surface area contributed by atoms with E-state index >= 15 is 0 Å². The Morgan fingerprint density at radius 2 is 1.71 bits per heavy atom. The molecule has 4 aliphatic rings. The Morgan fingerprint density at radius 1 is 1.00 bits per heavy atom. The molecule has 0 atom stereocenters. The fraction of sp³-hybridized carbons (Fsp3) is 0.657. The van der Waals surface area contributed by atoms with Crippen molar-refractivity contribution in [1.29, 1.82) is 0 Å². The van der Waals surface area contributed by atoms with Crippen molar-refractivity contribution in [3.8, 4) is 17.0 Å². The van der Waals surface area contributed by atoms with Gasteiger partial charge in [-0.05, 0) is 87.0 Å². The Balaban J connectivity index is 1.40. The lowest BCUT2D eigenvalue weighted by Gasteiger charge is -2.34. The first kappa shape index (κ1) is 29.3. The Labute approximate surface area is 250 Å². The van der Waals surface area contributed by atoms with Crippen LogP contribution in [0.15, 0.2) is 18.2 Å². The summed E-state index contributed by atoms with van der Waals surface area (Å²) < 4.78 is 14.3. The average molecular weight is 576 g/mol. The van der Waals surface area contributed by atoms with E-state index in [-0.39, 0.29) is 29.2 Å². The number of amides is 2. The highest BCUT2D eigenvalue weighted by Crippen LogP contribution is 2.58. The van der Waals surface area contributed by atoms with Crippen molar-refractivity contribution < 1.29 is 19.1 Å². The molecule has 2 aromatic rings. The van der Waals surface area contributed by atoms with Crippen LogP contribution in [0.1, 0.15) is 112 Å². The lowest BCUT2D eigenvalue weighted by Crippen LogP contribution is -2.49. The molecule has 0 radical (unpaired) electrons. The van der Waals surface area contributed by atoms with Gasteiger partial charge in [-0.3, -0.25) is 9.59 Å². The fourth-order valence-electron chi connectivity index (χ4n) is 7.63. The van der Waals surface area contributed by atoms with Crippen LogP contribution < -0.4 is 15.8 Å². The van der Waals surface area contributed by atoms with Crippen LogP contribution in [-0.2, 0) is 26.9 Å². The summed E-state index contributed by atoms with van der Waals surface area (Å²) in [7, 11) is 0. The smallest absolute Gasteiger partial charge is 0.253 e. The van der Waals surface area contributed by atoms with Crippen molar-refractivity contribution in [2.45, 2.75) is 109 Å². The lowest BCUT2D eigenvalue weighted by atomic mass is 9.79. The minimum absolute atomic E-state index is 0.0731. The SMILES string of the molecule is Cc1c(C(=O)NCC2(C(N)=O)CCOCC2)cc(-c2cc(C(C)(C)C)c3c(c2)C2(CCO3)CC2)n1CC1CCCCC1. The van der Waals surface area contributed by atoms with Crippen LogP contribution in [0.25, 0.3) is 11.3 Å². The van der Waals surface area contributed by atoms with Gasteiger partial charge in [-0.1, -0.05) is 40.0 Å². The number of nitrogens with zero attached hydrogens (tertiary/aromatic N) is 1. The number of hydrogen-bond donors (Lipinski definition) is 2. The van der Waals surface area contributed by atoms with Gasteiger partial charge in [0.05, 0.1) is 17.6 Å². The molecule has 1 spiro atoms. The molecule has 228 valence electrons. The van der Waals surface area contributed by atoms with Gasteiger partial charge < -0.3 is 25.1 Å². The molecule has 1 aromatic carbocycles. The summed E-state index contributed by atoms with van der Waals surface area (Å²) in [5.41, 5.74) is 11.8. The molecule has 2 saturated carbocycles. The van der Waals surface area contributed by atoms with Gasteiger partial charge in [0.1, 0.15) is 5.75 Å². The molecule has 0 unspecified atom stereocenters. The van der Waals surface area contributed by atoms with E-state index in [1.165, 1.54) is 61.6 Å². The Morgan fingerprint density at radius 3 is 2.36 bits per heavy atom. The van der Waals surface area contributed by atoms with Gasteiger partial charge in [0.2, 0.25) is 5.91 Å². The van der Waals surface area contributed by atoms with E-state index in [1.807, 2.05) is 0 Å². The summed E-state index contributed by atoms with van der Waals surface area (Å²) in [6.45, 7) is 11.8. The second-order valence-corrected chi connectivity index (χ2v) is 14.6. The third-order valence-corrected chi connectivity index (χ3v) is 10.8. The van der Waals surface area contributed by atoms with Crippen molar-refractivity contribution in [3.63, 3.8) is 0 Å². The maximum absolute atomic E-state index is 13.8. The molecular formula is C35H49N3O4. The molecule has 2 aliphatic heterocycles. The maximum Gasteiger partial charge on any atom is 0.253 e. The van der Waals surface area contributed by atoms with E-state index in [2.05, 4.69) is 55.8 Å². The summed E-state index contributed by atoms with van der Waals surface area (Å²) in [4.78, 5) is 26.3. The zero-order chi connectivity index (χ0) is 29.7. The highest BCUT2D eigenvalue weighted by Gasteiger charge is 2.49. The second kappa shape index (κ2) is 11.0. The topological polar surface area (TPSA) is 95.6 Å². The van der Waals surface area contributed by atoms with Crippen LogP contribution in [0.3, 0.4) is 0 Å². The predicted octanol–water partition coefficient (Wildman–Crippen LogP) is 6.17. The molecule has 6 rings (SSSR count). The number of nitrogens with one attached hydrogen (secondary N) is 1. The number of hydrogen-bond acceptors (Lipinski definition) is 4. The zero-order valence-electron chi connectivity index (χ0n) is 26.1. The van der Waals surface area contributed by atoms with Gasteiger partial charge in [-0.25, -0.2) is 0 Å². The van der Waals surface area contributed by atoms with Crippen LogP contribution in [0.5, 0.6) is 5.75 Å². The molecule has 7 heteroatoms. The molecule has 3 heterocycles. The normalized spacial score (nSPS) is 21.4. The molecule has 1 aromatic heterocycles. The summed E-state index contributed by atoms with van der Waals surface area (Å²) in [5, 5.41) is 3.11. The first-order valence-electron chi connectivity index (χ1n) is 16.2. The predicted molar refractivity (Wildman–Crippen MR) is 165 cm³/mol. The van der Waals surface area contributed by atoms with Gasteiger partial charge in [0, 0.05) is 54.2 Å². The summed E-state index contributed by atoms with van der Waals surface area (Å²) in [6, 6.07) is 6.78. The first-order valence-corrected chi connectivity index (χ1v) is 16.2. The number of benzene rings is 1. The summed E-state index contributed by atoms with van der Waals surface area (Å²) in [6.07, 6.45) is 10.9. The molecule has 7 nitrogen and oxygen atoms in total. The van der Waals surface area contributed by atoms with Crippen LogP contribution in [-0.4, -0.2) is 42.7 Å². The molecule has 3 N–H and O–H groups in total. The van der Waals surface area contributed by atoms with Crippen LogP contribution in [0.4, 0.5) is 0 Å². The van der Waals surface area contributed by atoms with E-state index in [0.717, 1.165) is 36.7 Å². The number of nitrogens with two attached hydrogens (primary N) is 1. The van der Waals surface area contributed by atoms with Crippen LogP contribution >= 0.6 is 0 Å². The van der Waals surface area contributed by atoms with Crippen molar-refractivity contribution in [2.24, 2.45) is 17.1 Å². The van der Waals surface area contributed by atoms with Crippen molar-refractivity contribution >= 4 is 11.8 Å². The molecule has 1 saturated heterocycles. The number of rotatable bonds is 7. The number of aromatic nitrogens is 1. The summed E-state index contributed by atoms with van der Waals surface area (Å²) >= 11 is 0. The van der Waals surface area contributed by atoms with Crippen molar-refractivity contribution in [3.05, 3.63) is 40.6 Å². The number of carbonyl (C=O) groups is 2. The average Bonchev–Trinajstić information content (AvgIpc) is 3.67. The number of carbonyl (C=O) groups excluding carboxylic acids is 2. The van der Waals surface area contributed by atoms with Gasteiger partial charge in [0.15, 0.2) is 0 Å². The number of fused-ring (bicyclic) bond motifs is 2. The molecule has 2 aliphatic carbocycles. The van der Waals surface area contributed by atoms with E-state index in [4.69, 9.17) is 15.2 Å². The van der Waals surface area contributed by atoms with Gasteiger partial charge in [0.25, 0.3) is 5.91 Å². The molecular weight excluding hydrogens is 526 g/mol. The van der Waals surface area contributed by atoms with Crippen molar-refractivity contribution in [1.82, 2.24) is 9.88 Å². The van der Waals surface area contributed by atoms with E-state index < -0.39 is 5.41 Å². The zero-order valence-corrected chi connectivity index (χ0v) is 26.1. The fourth-order valence-corrected chi connectivity index (χ4v) is 7.63. The Kier molecular flexibility index (Phi) is 7.70. The van der Waals surface area contributed by atoms with Gasteiger partial charge in [-0.2, -0.15) is 0 Å². The van der Waals surface area contributed by atoms with Gasteiger partial charge in [-0.15, -0.1) is 0 Å². The van der Waals surface area contributed by atoms with Gasteiger partial charge >= 0.3 is 0 Å². The van der Waals surface area contributed by atoms with E-state index in [1.54, 1.807) is 0 Å². The molecule has 42 heavy (non-hydrogen) atoms. The maximum atomic E-state index is 13.8. The van der Waals surface area contributed by atoms with Crippen LogP contribution in [0.2, 0.25) is 0 Å². The Hall–Kier alpha value is -2.80. The second-order valence-electron chi connectivity index (χ2n) is 14.6. The highest BCUT2D eigenvalue weighted by molar-refractivity contribution is 5.97. The number of ether oxygens (including phenoxy) is 2. The standard InChI is InChI=1S/C35H49N3O4/c1-23-26(31(39)37-22-35(32(36)40)12-15-41-16-13-35)20-29(38(23)21-24-8-6-5-7-9-24)25-18-27(33(2,3)4)30-28(19-25)34(10-11-34)14-17-42-30/h18-20,24H,5-17,21-22H2,1-4H3,(H2,36,40)(H,37,39). The largest absolute Gasteiger partial charge is 0.493 e. The van der Waals surface area contributed by atoms with E-state index in [0.29, 0.717) is 37.5 Å². The van der Waals surface area contributed by atoms with E-state index in [9.17, 15) is 9.59 Å². The Bertz CT molecular complexity index is 1330. The van der Waals surface area contributed by atoms with Crippen molar-refractivity contribution in [2.75, 3.05) is 26.4 Å². The quantitative estimate of drug-likeness (QED) is 0.413. The highest BCUT2D eigenvalue weighted by atomic mass is 16.5. The monoisotopic (exact) mass is 575 g/mol. The summed E-state index contributed by atoms with van der Waals surface area (Å²) in [5.74, 6) is 1.19. The minimum atomic E-state index is -0.756.